The molecule has 0 bridgehead atoms. The molecule has 1 aliphatic heterocycles. The molecule has 1 fully saturated rings. The molecular formula is C11H23ClN2O2. The molecule has 5 heteroatoms. The van der Waals surface area contributed by atoms with E-state index in [4.69, 9.17) is 4.74 Å². The molecule has 1 heterocycles. The van der Waals surface area contributed by atoms with Crippen LogP contribution in [0.25, 0.3) is 0 Å². The van der Waals surface area contributed by atoms with Crippen molar-refractivity contribution >= 4 is 18.3 Å². The fraction of sp³-hybridized carbons (Fsp3) is 0.909. The van der Waals surface area contributed by atoms with Gasteiger partial charge in [0, 0.05) is 20.3 Å². The van der Waals surface area contributed by atoms with Gasteiger partial charge in [-0.15, -0.1) is 12.4 Å². The van der Waals surface area contributed by atoms with Crippen LogP contribution in [-0.4, -0.2) is 38.8 Å². The smallest absolute Gasteiger partial charge is 0.237 e. The Morgan fingerprint density at radius 3 is 2.88 bits per heavy atom. The van der Waals surface area contributed by atoms with Crippen molar-refractivity contribution in [2.24, 2.45) is 0 Å². The van der Waals surface area contributed by atoms with Crippen LogP contribution in [0.5, 0.6) is 0 Å². The largest absolute Gasteiger partial charge is 0.385 e. The predicted molar refractivity (Wildman–Crippen MR) is 67.0 cm³/mol. The van der Waals surface area contributed by atoms with E-state index < -0.39 is 0 Å². The number of ether oxygens (including phenoxy) is 1. The third-order valence-electron chi connectivity index (χ3n) is 2.70. The number of amides is 1. The van der Waals surface area contributed by atoms with Crippen molar-refractivity contribution < 1.29 is 9.53 Å². The molecule has 1 rings (SSSR count). The summed E-state index contributed by atoms with van der Waals surface area (Å²) in [5.74, 6) is 0.159. The van der Waals surface area contributed by atoms with Gasteiger partial charge in [-0.3, -0.25) is 4.79 Å². The zero-order valence-electron chi connectivity index (χ0n) is 9.96. The number of nitrogens with one attached hydrogen (secondary N) is 2. The fourth-order valence-corrected chi connectivity index (χ4v) is 1.78. The van der Waals surface area contributed by atoms with E-state index in [-0.39, 0.29) is 24.4 Å². The summed E-state index contributed by atoms with van der Waals surface area (Å²) in [6.07, 6.45) is 5.33. The Labute approximate surface area is 104 Å². The van der Waals surface area contributed by atoms with Gasteiger partial charge >= 0.3 is 0 Å². The average molecular weight is 251 g/mol. The molecule has 2 N–H and O–H groups in total. The molecule has 16 heavy (non-hydrogen) atoms. The Morgan fingerprint density at radius 1 is 1.44 bits per heavy atom. The highest BCUT2D eigenvalue weighted by Crippen LogP contribution is 2.06. The van der Waals surface area contributed by atoms with Crippen molar-refractivity contribution in [3.05, 3.63) is 0 Å². The van der Waals surface area contributed by atoms with E-state index >= 15 is 0 Å². The summed E-state index contributed by atoms with van der Waals surface area (Å²) in [6.45, 7) is 2.51. The SMILES string of the molecule is COCCCCNC(=O)C1CCCCN1.Cl. The number of carbonyl (C=O) groups excluding carboxylic acids is 1. The highest BCUT2D eigenvalue weighted by atomic mass is 35.5. The number of methoxy groups -OCH3 is 1. The molecule has 0 saturated carbocycles. The van der Waals surface area contributed by atoms with Crippen LogP contribution in [0.1, 0.15) is 32.1 Å². The van der Waals surface area contributed by atoms with Gasteiger partial charge in [-0.2, -0.15) is 0 Å². The van der Waals surface area contributed by atoms with Crippen LogP contribution < -0.4 is 10.6 Å². The zero-order valence-corrected chi connectivity index (χ0v) is 10.8. The molecule has 96 valence electrons. The van der Waals surface area contributed by atoms with Crippen LogP contribution in [0.15, 0.2) is 0 Å². The summed E-state index contributed by atoms with van der Waals surface area (Å²) in [7, 11) is 1.70. The van der Waals surface area contributed by atoms with Crippen LogP contribution in [0.2, 0.25) is 0 Å². The Morgan fingerprint density at radius 2 is 2.25 bits per heavy atom. The number of hydrogen-bond acceptors (Lipinski definition) is 3. The Kier molecular flexibility index (Phi) is 9.68. The summed E-state index contributed by atoms with van der Waals surface area (Å²) in [5.41, 5.74) is 0. The van der Waals surface area contributed by atoms with E-state index in [9.17, 15) is 4.79 Å². The lowest BCUT2D eigenvalue weighted by Crippen LogP contribution is -2.46. The minimum atomic E-state index is 0. The Bertz CT molecular complexity index is 185. The Balaban J connectivity index is 0.00000225. The van der Waals surface area contributed by atoms with Crippen molar-refractivity contribution in [3.63, 3.8) is 0 Å². The molecule has 1 unspecified atom stereocenters. The first-order valence-electron chi connectivity index (χ1n) is 5.84. The summed E-state index contributed by atoms with van der Waals surface area (Å²) in [6, 6.07) is 0.0428. The van der Waals surface area contributed by atoms with Gasteiger partial charge < -0.3 is 15.4 Å². The molecule has 0 aromatic carbocycles. The maximum Gasteiger partial charge on any atom is 0.237 e. The lowest BCUT2D eigenvalue weighted by molar-refractivity contribution is -0.123. The second kappa shape index (κ2) is 9.87. The second-order valence-corrected chi connectivity index (χ2v) is 3.99. The zero-order chi connectivity index (χ0) is 10.9. The second-order valence-electron chi connectivity index (χ2n) is 3.99. The lowest BCUT2D eigenvalue weighted by Gasteiger charge is -2.22. The summed E-state index contributed by atoms with van der Waals surface area (Å²) in [4.78, 5) is 11.6. The Hall–Kier alpha value is -0.320. The third-order valence-corrected chi connectivity index (χ3v) is 2.70. The first kappa shape index (κ1) is 15.7. The summed E-state index contributed by atoms with van der Waals surface area (Å²) < 4.78 is 4.94. The van der Waals surface area contributed by atoms with Crippen molar-refractivity contribution in [1.82, 2.24) is 10.6 Å². The van der Waals surface area contributed by atoms with Gasteiger partial charge in [-0.1, -0.05) is 6.42 Å². The molecule has 1 atom stereocenters. The summed E-state index contributed by atoms with van der Waals surface area (Å²) >= 11 is 0. The molecule has 0 aromatic heterocycles. The quantitative estimate of drug-likeness (QED) is 0.694. The lowest BCUT2D eigenvalue weighted by atomic mass is 10.0. The van der Waals surface area contributed by atoms with Crippen LogP contribution in [-0.2, 0) is 9.53 Å². The van der Waals surface area contributed by atoms with Gasteiger partial charge in [0.15, 0.2) is 0 Å². The van der Waals surface area contributed by atoms with E-state index in [1.165, 1.54) is 6.42 Å². The molecule has 0 aliphatic carbocycles. The van der Waals surface area contributed by atoms with E-state index in [0.29, 0.717) is 0 Å². The van der Waals surface area contributed by atoms with Crippen LogP contribution in [0.3, 0.4) is 0 Å². The van der Waals surface area contributed by atoms with Crippen LogP contribution >= 0.6 is 12.4 Å². The van der Waals surface area contributed by atoms with Crippen molar-refractivity contribution in [2.75, 3.05) is 26.8 Å². The molecular weight excluding hydrogens is 228 g/mol. The number of rotatable bonds is 6. The fourth-order valence-electron chi connectivity index (χ4n) is 1.78. The van der Waals surface area contributed by atoms with Gasteiger partial charge in [-0.05, 0) is 32.2 Å². The number of carbonyl (C=O) groups is 1. The molecule has 1 amide bonds. The molecule has 4 nitrogen and oxygen atoms in total. The summed E-state index contributed by atoms with van der Waals surface area (Å²) in [5, 5.41) is 6.19. The number of unbranched alkanes of at least 4 members (excludes halogenated alkanes) is 1. The van der Waals surface area contributed by atoms with E-state index in [2.05, 4.69) is 10.6 Å². The van der Waals surface area contributed by atoms with Gasteiger partial charge in [0.25, 0.3) is 0 Å². The van der Waals surface area contributed by atoms with Gasteiger partial charge in [0.05, 0.1) is 6.04 Å². The maximum atomic E-state index is 11.6. The number of hydrogen-bond donors (Lipinski definition) is 2. The average Bonchev–Trinajstić information content (AvgIpc) is 2.30. The molecule has 1 aliphatic rings. The van der Waals surface area contributed by atoms with Gasteiger partial charge in [0.2, 0.25) is 5.91 Å². The van der Waals surface area contributed by atoms with Crippen LogP contribution in [0.4, 0.5) is 0 Å². The minimum Gasteiger partial charge on any atom is -0.385 e. The van der Waals surface area contributed by atoms with E-state index in [1.54, 1.807) is 7.11 Å². The normalized spacial score (nSPS) is 19.9. The van der Waals surface area contributed by atoms with Crippen molar-refractivity contribution in [1.29, 1.82) is 0 Å². The maximum absolute atomic E-state index is 11.6. The van der Waals surface area contributed by atoms with Gasteiger partial charge in [0.1, 0.15) is 0 Å². The molecule has 0 aromatic rings. The predicted octanol–water partition coefficient (Wildman–Crippen LogP) is 1.09. The number of halogens is 1. The first-order chi connectivity index (χ1) is 7.34. The van der Waals surface area contributed by atoms with Crippen LogP contribution in [0, 0.1) is 0 Å². The van der Waals surface area contributed by atoms with Crippen molar-refractivity contribution in [3.8, 4) is 0 Å². The molecule has 1 saturated heterocycles. The van der Waals surface area contributed by atoms with Gasteiger partial charge in [-0.25, -0.2) is 0 Å². The van der Waals surface area contributed by atoms with E-state index in [1.807, 2.05) is 0 Å². The highest BCUT2D eigenvalue weighted by molar-refractivity contribution is 5.85. The molecule has 0 radical (unpaired) electrons. The van der Waals surface area contributed by atoms with Crippen molar-refractivity contribution in [2.45, 2.75) is 38.1 Å². The van der Waals surface area contributed by atoms with E-state index in [0.717, 1.165) is 45.4 Å². The topological polar surface area (TPSA) is 50.4 Å². The first-order valence-corrected chi connectivity index (χ1v) is 5.84. The number of piperidine rings is 1. The minimum absolute atomic E-state index is 0. The highest BCUT2D eigenvalue weighted by Gasteiger charge is 2.19. The third kappa shape index (κ3) is 6.30. The monoisotopic (exact) mass is 250 g/mol. The standard InChI is InChI=1S/C11H22N2O2.ClH/c1-15-9-5-4-8-13-11(14)10-6-2-3-7-12-10;/h10,12H,2-9H2,1H3,(H,13,14);1H. The molecule has 0 spiro atoms.